The summed E-state index contributed by atoms with van der Waals surface area (Å²) in [6.07, 6.45) is 0.640. The molecule has 2 aromatic rings. The molecule has 0 bridgehead atoms. The Hall–Kier alpha value is -2.76. The lowest BCUT2D eigenvalue weighted by Crippen LogP contribution is -2.49. The fourth-order valence-electron chi connectivity index (χ4n) is 3.85. The fraction of sp³-hybridized carbons (Fsp3) is 0.538. The number of pyridine rings is 1. The third kappa shape index (κ3) is 6.38. The van der Waals surface area contributed by atoms with E-state index in [9.17, 15) is 4.79 Å². The Morgan fingerprint density at radius 1 is 1.03 bits per heavy atom. The van der Waals surface area contributed by atoms with Gasteiger partial charge in [-0.05, 0) is 35.6 Å². The number of piperazine rings is 1. The number of amides is 1. The van der Waals surface area contributed by atoms with Crippen LogP contribution in [0, 0.1) is 11.3 Å². The van der Waals surface area contributed by atoms with Crippen molar-refractivity contribution >= 4 is 23.1 Å². The van der Waals surface area contributed by atoms with Crippen molar-refractivity contribution in [2.24, 2.45) is 11.3 Å². The number of aromatic nitrogens is 1. The van der Waals surface area contributed by atoms with E-state index in [1.165, 1.54) is 5.69 Å². The van der Waals surface area contributed by atoms with Gasteiger partial charge in [0.25, 0.3) is 0 Å². The average Bonchev–Trinajstić information content (AvgIpc) is 2.77. The van der Waals surface area contributed by atoms with Crippen LogP contribution in [0.4, 0.5) is 17.2 Å². The molecule has 1 aromatic heterocycles. The Morgan fingerprint density at radius 3 is 2.25 bits per heavy atom. The Balaban J connectivity index is 1.64. The molecule has 32 heavy (non-hydrogen) atoms. The van der Waals surface area contributed by atoms with E-state index >= 15 is 0 Å². The summed E-state index contributed by atoms with van der Waals surface area (Å²) in [5.41, 5.74) is 4.46. The third-order valence-electron chi connectivity index (χ3n) is 5.68. The Kier molecular flexibility index (Phi) is 7.64. The van der Waals surface area contributed by atoms with Crippen molar-refractivity contribution in [2.75, 3.05) is 55.3 Å². The zero-order valence-electron chi connectivity index (χ0n) is 20.5. The molecule has 2 heterocycles. The molecule has 0 aliphatic carbocycles. The van der Waals surface area contributed by atoms with E-state index in [1.807, 2.05) is 11.9 Å². The van der Waals surface area contributed by atoms with Crippen LogP contribution >= 0.6 is 0 Å². The minimum atomic E-state index is 0.201. The van der Waals surface area contributed by atoms with Crippen molar-refractivity contribution < 1.29 is 4.79 Å². The molecule has 0 radical (unpaired) electrons. The molecular formula is C26H39N5O. The number of rotatable bonds is 7. The minimum Gasteiger partial charge on any atom is -0.382 e. The molecule has 6 heteroatoms. The molecule has 0 atom stereocenters. The lowest BCUT2D eigenvalue weighted by Gasteiger charge is -2.36. The molecule has 3 rings (SSSR count). The standard InChI is InChI=1S/C26H39N5O/c1-19(2)17-24(32)31-15-13-30(14-16-31)21-9-7-20(8-10-21)22-11-12-23(25(27-6)29-22)28-18-26(3,4)5/h7-12,19,28H,13-18H2,1-6H3,(H,27,29). The molecule has 1 aliphatic rings. The summed E-state index contributed by atoms with van der Waals surface area (Å²) in [6, 6.07) is 12.8. The largest absolute Gasteiger partial charge is 0.382 e. The molecule has 1 aliphatic heterocycles. The first-order valence-electron chi connectivity index (χ1n) is 11.7. The summed E-state index contributed by atoms with van der Waals surface area (Å²) in [6.45, 7) is 15.1. The monoisotopic (exact) mass is 437 g/mol. The van der Waals surface area contributed by atoms with Crippen molar-refractivity contribution in [1.29, 1.82) is 0 Å². The average molecular weight is 438 g/mol. The van der Waals surface area contributed by atoms with Crippen LogP contribution in [0.3, 0.4) is 0 Å². The van der Waals surface area contributed by atoms with E-state index in [4.69, 9.17) is 4.98 Å². The first kappa shape index (κ1) is 23.9. The number of hydrogen-bond donors (Lipinski definition) is 2. The van der Waals surface area contributed by atoms with Gasteiger partial charge >= 0.3 is 0 Å². The van der Waals surface area contributed by atoms with Gasteiger partial charge < -0.3 is 20.4 Å². The smallest absolute Gasteiger partial charge is 0.222 e. The van der Waals surface area contributed by atoms with Gasteiger partial charge in [-0.1, -0.05) is 46.8 Å². The normalized spacial score (nSPS) is 14.6. The third-order valence-corrected chi connectivity index (χ3v) is 5.68. The summed E-state index contributed by atoms with van der Waals surface area (Å²) >= 11 is 0. The summed E-state index contributed by atoms with van der Waals surface area (Å²) in [5, 5.41) is 6.71. The quantitative estimate of drug-likeness (QED) is 0.642. The highest BCUT2D eigenvalue weighted by atomic mass is 16.2. The van der Waals surface area contributed by atoms with E-state index in [0.29, 0.717) is 12.3 Å². The number of benzene rings is 1. The lowest BCUT2D eigenvalue weighted by atomic mass is 9.97. The number of anilines is 3. The highest BCUT2D eigenvalue weighted by Gasteiger charge is 2.21. The van der Waals surface area contributed by atoms with Crippen molar-refractivity contribution in [3.05, 3.63) is 36.4 Å². The fourth-order valence-corrected chi connectivity index (χ4v) is 3.85. The van der Waals surface area contributed by atoms with Gasteiger partial charge in [-0.2, -0.15) is 0 Å². The second-order valence-corrected chi connectivity index (χ2v) is 10.3. The van der Waals surface area contributed by atoms with Crippen LogP contribution in [-0.4, -0.2) is 55.6 Å². The van der Waals surface area contributed by atoms with Crippen LogP contribution < -0.4 is 15.5 Å². The number of carbonyl (C=O) groups excluding carboxylic acids is 1. The lowest BCUT2D eigenvalue weighted by molar-refractivity contribution is -0.132. The van der Waals surface area contributed by atoms with Crippen LogP contribution in [0.1, 0.15) is 41.0 Å². The molecule has 1 saturated heterocycles. The van der Waals surface area contributed by atoms with E-state index in [0.717, 1.165) is 55.5 Å². The highest BCUT2D eigenvalue weighted by molar-refractivity contribution is 5.77. The van der Waals surface area contributed by atoms with Gasteiger partial charge in [0.05, 0.1) is 11.4 Å². The topological polar surface area (TPSA) is 60.5 Å². The molecule has 1 aromatic carbocycles. The second-order valence-electron chi connectivity index (χ2n) is 10.3. The highest BCUT2D eigenvalue weighted by Crippen LogP contribution is 2.28. The summed E-state index contributed by atoms with van der Waals surface area (Å²) in [5.74, 6) is 1.55. The first-order valence-corrected chi connectivity index (χ1v) is 11.7. The molecule has 0 saturated carbocycles. The Labute approximate surface area is 193 Å². The number of nitrogens with zero attached hydrogens (tertiary/aromatic N) is 3. The molecule has 0 spiro atoms. The predicted octanol–water partition coefficient (Wildman–Crippen LogP) is 4.94. The molecule has 1 amide bonds. The first-order chi connectivity index (χ1) is 15.2. The van der Waals surface area contributed by atoms with Crippen molar-refractivity contribution in [2.45, 2.75) is 41.0 Å². The van der Waals surface area contributed by atoms with Gasteiger partial charge in [-0.25, -0.2) is 4.98 Å². The van der Waals surface area contributed by atoms with Crippen LogP contribution in [0.25, 0.3) is 11.3 Å². The zero-order valence-corrected chi connectivity index (χ0v) is 20.5. The number of carbonyl (C=O) groups is 1. The molecular weight excluding hydrogens is 398 g/mol. The van der Waals surface area contributed by atoms with Crippen LogP contribution in [0.5, 0.6) is 0 Å². The SMILES string of the molecule is CNc1nc(-c2ccc(N3CCN(C(=O)CC(C)C)CC3)cc2)ccc1NCC(C)(C)C. The van der Waals surface area contributed by atoms with E-state index in [2.05, 4.69) is 86.6 Å². The molecule has 2 N–H and O–H groups in total. The molecule has 174 valence electrons. The van der Waals surface area contributed by atoms with Crippen LogP contribution in [-0.2, 0) is 4.79 Å². The van der Waals surface area contributed by atoms with E-state index < -0.39 is 0 Å². The van der Waals surface area contributed by atoms with Crippen molar-refractivity contribution in [3.63, 3.8) is 0 Å². The second kappa shape index (κ2) is 10.2. The summed E-state index contributed by atoms with van der Waals surface area (Å²) in [7, 11) is 1.91. The Bertz CT molecular complexity index is 893. The van der Waals surface area contributed by atoms with E-state index in [-0.39, 0.29) is 11.3 Å². The van der Waals surface area contributed by atoms with Crippen LogP contribution in [0.2, 0.25) is 0 Å². The van der Waals surface area contributed by atoms with Gasteiger partial charge in [0, 0.05) is 57.4 Å². The van der Waals surface area contributed by atoms with Crippen molar-refractivity contribution in [1.82, 2.24) is 9.88 Å². The molecule has 1 fully saturated rings. The predicted molar refractivity (Wildman–Crippen MR) is 135 cm³/mol. The molecule has 6 nitrogen and oxygen atoms in total. The maximum Gasteiger partial charge on any atom is 0.222 e. The van der Waals surface area contributed by atoms with Crippen LogP contribution in [0.15, 0.2) is 36.4 Å². The minimum absolute atomic E-state index is 0.201. The summed E-state index contributed by atoms with van der Waals surface area (Å²) < 4.78 is 0. The number of hydrogen-bond acceptors (Lipinski definition) is 5. The Morgan fingerprint density at radius 2 is 1.69 bits per heavy atom. The maximum absolute atomic E-state index is 12.3. The van der Waals surface area contributed by atoms with E-state index in [1.54, 1.807) is 0 Å². The summed E-state index contributed by atoms with van der Waals surface area (Å²) in [4.78, 5) is 21.5. The van der Waals surface area contributed by atoms with Gasteiger partial charge in [0.2, 0.25) is 5.91 Å². The maximum atomic E-state index is 12.3. The molecule has 0 unspecified atom stereocenters. The zero-order chi connectivity index (χ0) is 23.3. The van der Waals surface area contributed by atoms with Gasteiger partial charge in [0.15, 0.2) is 0 Å². The number of nitrogens with one attached hydrogen (secondary N) is 2. The van der Waals surface area contributed by atoms with Crippen molar-refractivity contribution in [3.8, 4) is 11.3 Å². The van der Waals surface area contributed by atoms with Gasteiger partial charge in [-0.15, -0.1) is 0 Å². The van der Waals surface area contributed by atoms with Gasteiger partial charge in [0.1, 0.15) is 5.82 Å². The van der Waals surface area contributed by atoms with Gasteiger partial charge in [-0.3, -0.25) is 4.79 Å².